The summed E-state index contributed by atoms with van der Waals surface area (Å²) in [5, 5.41) is 0. The first kappa shape index (κ1) is 30.3. The molecule has 2 heterocycles. The third-order valence-electron chi connectivity index (χ3n) is 8.78. The van der Waals surface area contributed by atoms with Crippen LogP contribution < -0.4 is 0 Å². The van der Waals surface area contributed by atoms with Crippen molar-refractivity contribution in [3.8, 4) is 11.1 Å². The molecule has 0 N–H and O–H groups in total. The van der Waals surface area contributed by atoms with Gasteiger partial charge in [0.05, 0.1) is 23.3 Å². The van der Waals surface area contributed by atoms with Gasteiger partial charge in [-0.05, 0) is 29.3 Å². The smallest absolute Gasteiger partial charge is 0.227 e. The van der Waals surface area contributed by atoms with E-state index in [1.165, 1.54) is 0 Å². The topological polar surface area (TPSA) is 49.4 Å². The average molecular weight is 749 g/mol. The van der Waals surface area contributed by atoms with E-state index in [-0.39, 0.29) is 0 Å². The van der Waals surface area contributed by atoms with Gasteiger partial charge in [0, 0.05) is 36.8 Å². The van der Waals surface area contributed by atoms with Crippen LogP contribution in [-0.4, -0.2) is 23.3 Å². The highest BCUT2D eigenvalue weighted by Gasteiger charge is 2.60. The molecule has 6 heteroatoms. The Labute approximate surface area is 296 Å². The molecule has 6 aromatic rings. The Morgan fingerprint density at radius 2 is 0.854 bits per heavy atom. The van der Waals surface area contributed by atoms with E-state index in [9.17, 15) is 0 Å². The first-order valence-electron chi connectivity index (χ1n) is 15.7. The second-order valence-electron chi connectivity index (χ2n) is 11.7. The number of hydrogen-bond donors (Lipinski definition) is 0. The molecule has 6 aromatic carbocycles. The van der Waals surface area contributed by atoms with Crippen LogP contribution in [0.15, 0.2) is 193 Å². The van der Waals surface area contributed by atoms with Gasteiger partial charge in [-0.25, -0.2) is 15.0 Å². The second kappa shape index (κ2) is 12.5. The van der Waals surface area contributed by atoms with Crippen molar-refractivity contribution in [2.75, 3.05) is 0 Å². The highest BCUT2D eigenvalue weighted by Crippen LogP contribution is 2.56. The van der Waals surface area contributed by atoms with Gasteiger partial charge in [-0.15, -0.1) is 0 Å². The maximum Gasteiger partial charge on any atom is 0.227 e. The van der Waals surface area contributed by atoms with Gasteiger partial charge in [-0.3, -0.25) is 4.99 Å². The number of hydrogen-bond acceptors (Lipinski definition) is 4. The summed E-state index contributed by atoms with van der Waals surface area (Å²) in [6.45, 7) is 0. The molecule has 48 heavy (non-hydrogen) atoms. The fourth-order valence-electron chi connectivity index (χ4n) is 6.48. The summed E-state index contributed by atoms with van der Waals surface area (Å²) in [6.07, 6.45) is 1.87. The molecule has 0 radical (unpaired) electrons. The van der Waals surface area contributed by atoms with Gasteiger partial charge in [0.15, 0.2) is 0 Å². The molecule has 1 unspecified atom stereocenters. The molecule has 4 nitrogen and oxygen atoms in total. The molecule has 0 aliphatic carbocycles. The van der Waals surface area contributed by atoms with Crippen LogP contribution in [0.2, 0.25) is 0 Å². The molecule has 230 valence electrons. The van der Waals surface area contributed by atoms with Crippen LogP contribution in [0.5, 0.6) is 0 Å². The Morgan fingerprint density at radius 1 is 0.375 bits per heavy atom. The van der Waals surface area contributed by atoms with Crippen molar-refractivity contribution in [1.29, 1.82) is 0 Å². The maximum atomic E-state index is 5.75. The molecule has 8 rings (SSSR count). The number of nitrogens with zero attached hydrogens (tertiary/aromatic N) is 4. The summed E-state index contributed by atoms with van der Waals surface area (Å²) in [4.78, 5) is 22.5. The van der Waals surface area contributed by atoms with Crippen molar-refractivity contribution in [2.24, 2.45) is 20.0 Å². The van der Waals surface area contributed by atoms with E-state index in [1.807, 2.05) is 85.1 Å². The second-order valence-corrected chi connectivity index (χ2v) is 13.4. The fraction of sp³-hybridized carbons (Fsp3) is 0.0476. The highest BCUT2D eigenvalue weighted by molar-refractivity contribution is 9.10. The Kier molecular flexibility index (Phi) is 7.91. The molecule has 0 bridgehead atoms. The quantitative estimate of drug-likeness (QED) is 0.156. The predicted octanol–water partition coefficient (Wildman–Crippen LogP) is 10.5. The van der Waals surface area contributed by atoms with Gasteiger partial charge in [0.1, 0.15) is 0 Å². The lowest BCUT2D eigenvalue weighted by Gasteiger charge is -2.39. The van der Waals surface area contributed by atoms with Crippen molar-refractivity contribution in [3.05, 3.63) is 201 Å². The average Bonchev–Trinajstić information content (AvgIpc) is 3.79. The summed E-state index contributed by atoms with van der Waals surface area (Å²) >= 11 is 7.87. The highest BCUT2D eigenvalue weighted by atomic mass is 79.9. The van der Waals surface area contributed by atoms with Crippen molar-refractivity contribution in [1.82, 2.24) is 0 Å². The molecule has 0 amide bonds. The molecule has 0 saturated carbocycles. The van der Waals surface area contributed by atoms with Gasteiger partial charge in [-0.1, -0.05) is 177 Å². The van der Waals surface area contributed by atoms with Crippen LogP contribution >= 0.6 is 31.9 Å². The molecule has 2 aliphatic rings. The van der Waals surface area contributed by atoms with Gasteiger partial charge in [0.25, 0.3) is 0 Å². The lowest BCUT2D eigenvalue weighted by Crippen LogP contribution is -2.43. The minimum Gasteiger partial charge on any atom is -0.251 e. The Balaban J connectivity index is 1.51. The van der Waals surface area contributed by atoms with E-state index in [1.54, 1.807) is 0 Å². The lowest BCUT2D eigenvalue weighted by atomic mass is 9.81. The van der Waals surface area contributed by atoms with Gasteiger partial charge in [0.2, 0.25) is 11.3 Å². The summed E-state index contributed by atoms with van der Waals surface area (Å²) in [6, 6.07) is 55.6. The minimum absolute atomic E-state index is 0.765. The van der Waals surface area contributed by atoms with E-state index in [0.29, 0.717) is 0 Å². The van der Waals surface area contributed by atoms with Crippen LogP contribution in [0.4, 0.5) is 0 Å². The summed E-state index contributed by atoms with van der Waals surface area (Å²) in [7, 11) is 0. The Morgan fingerprint density at radius 3 is 1.42 bits per heavy atom. The van der Waals surface area contributed by atoms with Gasteiger partial charge in [-0.2, -0.15) is 0 Å². The standard InChI is InChI=1S/C42H28Br2N4/c43-36-24-14-13-23-34(36)41(45-28-38(46-41)30-17-7-2-8-18-30)42(35-27-33(25-26-37(35)44)29-15-5-1-6-16-29)47-39(31-19-9-3-10-20-31)40(48-42)32-21-11-4-12-22-32/h1-28H. The molecular formula is C42H28Br2N4. The summed E-state index contributed by atoms with van der Waals surface area (Å²) < 4.78 is 1.73. The van der Waals surface area contributed by atoms with Gasteiger partial charge < -0.3 is 0 Å². The van der Waals surface area contributed by atoms with E-state index in [2.05, 4.69) is 117 Å². The van der Waals surface area contributed by atoms with Crippen molar-refractivity contribution < 1.29 is 0 Å². The molecule has 1 atom stereocenters. The van der Waals surface area contributed by atoms with Crippen molar-refractivity contribution in [3.63, 3.8) is 0 Å². The van der Waals surface area contributed by atoms with Crippen LogP contribution in [0.25, 0.3) is 11.1 Å². The number of halogens is 2. The zero-order valence-electron chi connectivity index (χ0n) is 25.7. The molecule has 0 spiro atoms. The van der Waals surface area contributed by atoms with Crippen LogP contribution in [-0.2, 0) is 11.3 Å². The Hall–Kier alpha value is -5.04. The molecule has 0 saturated heterocycles. The van der Waals surface area contributed by atoms with E-state index < -0.39 is 11.3 Å². The first-order valence-corrected chi connectivity index (χ1v) is 17.3. The molecular weight excluding hydrogens is 720 g/mol. The normalized spacial score (nSPS) is 17.9. The largest absolute Gasteiger partial charge is 0.251 e. The first-order chi connectivity index (χ1) is 23.6. The zero-order chi connectivity index (χ0) is 32.6. The van der Waals surface area contributed by atoms with Crippen LogP contribution in [0, 0.1) is 0 Å². The van der Waals surface area contributed by atoms with Crippen LogP contribution in [0.3, 0.4) is 0 Å². The summed E-state index contributed by atoms with van der Waals surface area (Å²) in [5.74, 6) is 0. The van der Waals surface area contributed by atoms with Gasteiger partial charge >= 0.3 is 0 Å². The predicted molar refractivity (Wildman–Crippen MR) is 205 cm³/mol. The summed E-state index contributed by atoms with van der Waals surface area (Å²) in [5.41, 5.74) is 6.42. The lowest BCUT2D eigenvalue weighted by molar-refractivity contribution is 0.255. The third kappa shape index (κ3) is 5.13. The number of rotatable bonds is 7. The third-order valence-corrected chi connectivity index (χ3v) is 10.2. The SMILES string of the molecule is Brc1ccccc1C1(C2(c3cc(-c4ccccc4)ccc3Br)N=C(c3ccccc3)C(c3ccccc3)=N2)N=CC(c2ccccc2)=N1. The van der Waals surface area contributed by atoms with Crippen LogP contribution in [0.1, 0.15) is 27.8 Å². The monoisotopic (exact) mass is 746 g/mol. The maximum absolute atomic E-state index is 5.75. The minimum atomic E-state index is -1.36. The van der Waals surface area contributed by atoms with E-state index >= 15 is 0 Å². The number of aliphatic imine (C=N–C) groups is 4. The fourth-order valence-corrected chi connectivity index (χ4v) is 7.56. The number of benzene rings is 6. The Bertz CT molecular complexity index is 2190. The molecule has 0 fully saturated rings. The van der Waals surface area contributed by atoms with Crippen molar-refractivity contribution in [2.45, 2.75) is 11.3 Å². The zero-order valence-corrected chi connectivity index (χ0v) is 28.9. The molecule has 2 aliphatic heterocycles. The molecule has 0 aromatic heterocycles. The van der Waals surface area contributed by atoms with E-state index in [4.69, 9.17) is 20.0 Å². The van der Waals surface area contributed by atoms with Crippen molar-refractivity contribution >= 4 is 55.2 Å². The van der Waals surface area contributed by atoms with E-state index in [0.717, 1.165) is 65.0 Å².